The molecule has 0 aliphatic rings. The van der Waals surface area contributed by atoms with Crippen molar-refractivity contribution in [3.8, 4) is 0 Å². The first-order valence-electron chi connectivity index (χ1n) is 9.76. The number of rotatable bonds is 10. The van der Waals surface area contributed by atoms with E-state index in [9.17, 15) is 22.4 Å². The highest BCUT2D eigenvalue weighted by molar-refractivity contribution is 7.89. The fourth-order valence-electron chi connectivity index (χ4n) is 2.73. The second kappa shape index (κ2) is 11.4. The summed E-state index contributed by atoms with van der Waals surface area (Å²) in [7, 11) is -3.59. The molecule has 0 bridgehead atoms. The molecular formula is C22H25FN2O5S. The van der Waals surface area contributed by atoms with Crippen molar-refractivity contribution in [3.05, 3.63) is 71.6 Å². The molecule has 0 atom stereocenters. The van der Waals surface area contributed by atoms with E-state index in [1.807, 2.05) is 0 Å². The molecule has 2 aromatic rings. The van der Waals surface area contributed by atoms with Gasteiger partial charge in [-0.2, -0.15) is 4.31 Å². The number of hydrogen-bond donors (Lipinski definition) is 1. The molecule has 0 heterocycles. The Kier molecular flexibility index (Phi) is 8.89. The summed E-state index contributed by atoms with van der Waals surface area (Å²) in [6.45, 7) is 4.26. The Morgan fingerprint density at radius 2 is 1.77 bits per heavy atom. The molecule has 9 heteroatoms. The van der Waals surface area contributed by atoms with Gasteiger partial charge in [0.25, 0.3) is 5.91 Å². The highest BCUT2D eigenvalue weighted by Gasteiger charge is 2.21. The number of amides is 1. The number of carbonyl (C=O) groups excluding carboxylic acids is 2. The van der Waals surface area contributed by atoms with Gasteiger partial charge in [0.05, 0.1) is 11.4 Å². The predicted octanol–water partition coefficient (Wildman–Crippen LogP) is 2.84. The molecule has 2 rings (SSSR count). The molecule has 166 valence electrons. The Bertz CT molecular complexity index is 1030. The average molecular weight is 449 g/mol. The number of carbonyl (C=O) groups is 2. The molecule has 0 aromatic heterocycles. The Hall–Kier alpha value is -3.04. The van der Waals surface area contributed by atoms with Crippen molar-refractivity contribution < 1.29 is 27.1 Å². The maximum atomic E-state index is 13.1. The van der Waals surface area contributed by atoms with Crippen molar-refractivity contribution in [2.24, 2.45) is 0 Å². The third-order valence-corrected chi connectivity index (χ3v) is 6.42. The summed E-state index contributed by atoms with van der Waals surface area (Å²) >= 11 is 0. The van der Waals surface area contributed by atoms with Crippen LogP contribution in [-0.4, -0.2) is 50.8 Å². The Balaban J connectivity index is 1.81. The standard InChI is InChI=1S/C22H25FN2O5S/c1-3-25(4-2)31(28,29)20-11-9-18(10-12-20)22(27)24-14-15-30-21(26)13-8-17-6-5-7-19(23)16-17/h5-13,16H,3-4,14-15H2,1-2H3,(H,24,27)/b13-8+. The normalized spacial score (nSPS) is 11.6. The molecule has 0 aliphatic heterocycles. The minimum absolute atomic E-state index is 0.0491. The molecule has 0 saturated carbocycles. The number of sulfonamides is 1. The molecule has 0 fully saturated rings. The van der Waals surface area contributed by atoms with Crippen LogP contribution >= 0.6 is 0 Å². The van der Waals surface area contributed by atoms with Crippen LogP contribution in [0.5, 0.6) is 0 Å². The van der Waals surface area contributed by atoms with Gasteiger partial charge in [-0.3, -0.25) is 4.79 Å². The van der Waals surface area contributed by atoms with Crippen molar-refractivity contribution in [3.63, 3.8) is 0 Å². The lowest BCUT2D eigenvalue weighted by atomic mass is 10.2. The van der Waals surface area contributed by atoms with E-state index in [2.05, 4.69) is 5.32 Å². The van der Waals surface area contributed by atoms with Gasteiger partial charge in [-0.1, -0.05) is 26.0 Å². The van der Waals surface area contributed by atoms with E-state index >= 15 is 0 Å². The van der Waals surface area contributed by atoms with Gasteiger partial charge in [0.2, 0.25) is 10.0 Å². The smallest absolute Gasteiger partial charge is 0.330 e. The molecule has 0 aliphatic carbocycles. The number of esters is 1. The Morgan fingerprint density at radius 1 is 1.10 bits per heavy atom. The van der Waals surface area contributed by atoms with Crippen molar-refractivity contribution in [1.82, 2.24) is 9.62 Å². The first-order valence-corrected chi connectivity index (χ1v) is 11.2. The van der Waals surface area contributed by atoms with Crippen molar-refractivity contribution in [1.29, 1.82) is 0 Å². The fourth-order valence-corrected chi connectivity index (χ4v) is 4.19. The van der Waals surface area contributed by atoms with E-state index in [1.165, 1.54) is 58.9 Å². The van der Waals surface area contributed by atoms with E-state index < -0.39 is 27.7 Å². The second-order valence-electron chi connectivity index (χ2n) is 6.43. The summed E-state index contributed by atoms with van der Waals surface area (Å²) in [4.78, 5) is 24.0. The summed E-state index contributed by atoms with van der Waals surface area (Å²) in [6, 6.07) is 11.4. The molecule has 0 radical (unpaired) electrons. The maximum absolute atomic E-state index is 13.1. The van der Waals surface area contributed by atoms with Crippen molar-refractivity contribution >= 4 is 28.0 Å². The summed E-state index contributed by atoms with van der Waals surface area (Å²) < 4.78 is 44.3. The lowest BCUT2D eigenvalue weighted by Gasteiger charge is -2.18. The first kappa shape index (κ1) is 24.2. The number of ether oxygens (including phenoxy) is 1. The molecule has 31 heavy (non-hydrogen) atoms. The lowest BCUT2D eigenvalue weighted by molar-refractivity contribution is -0.137. The number of halogens is 1. The van der Waals surface area contributed by atoms with Gasteiger partial charge in [-0.05, 0) is 48.0 Å². The first-order chi connectivity index (χ1) is 14.8. The highest BCUT2D eigenvalue weighted by Crippen LogP contribution is 2.16. The zero-order valence-electron chi connectivity index (χ0n) is 17.4. The molecule has 7 nitrogen and oxygen atoms in total. The van der Waals surface area contributed by atoms with E-state index in [0.717, 1.165) is 0 Å². The minimum Gasteiger partial charge on any atom is -0.461 e. The van der Waals surface area contributed by atoms with Gasteiger partial charge in [0, 0.05) is 24.7 Å². The largest absolute Gasteiger partial charge is 0.461 e. The number of nitrogens with one attached hydrogen (secondary N) is 1. The zero-order chi connectivity index (χ0) is 22.9. The SMILES string of the molecule is CCN(CC)S(=O)(=O)c1ccc(C(=O)NCCOC(=O)/C=C/c2cccc(F)c2)cc1. The van der Waals surface area contributed by atoms with E-state index in [1.54, 1.807) is 19.9 Å². The van der Waals surface area contributed by atoms with E-state index in [0.29, 0.717) is 18.7 Å². The molecular weight excluding hydrogens is 423 g/mol. The molecule has 0 saturated heterocycles. The predicted molar refractivity (Wildman–Crippen MR) is 115 cm³/mol. The van der Waals surface area contributed by atoms with Gasteiger partial charge in [-0.25, -0.2) is 17.6 Å². The second-order valence-corrected chi connectivity index (χ2v) is 8.36. The highest BCUT2D eigenvalue weighted by atomic mass is 32.2. The van der Waals surface area contributed by atoms with E-state index in [4.69, 9.17) is 4.74 Å². The van der Waals surface area contributed by atoms with Gasteiger partial charge in [-0.15, -0.1) is 0 Å². The maximum Gasteiger partial charge on any atom is 0.330 e. The molecule has 2 aromatic carbocycles. The Morgan fingerprint density at radius 3 is 2.39 bits per heavy atom. The van der Waals surface area contributed by atoms with Crippen LogP contribution in [0.4, 0.5) is 4.39 Å². The number of nitrogens with zero attached hydrogens (tertiary/aromatic N) is 1. The van der Waals surface area contributed by atoms with Crippen LogP contribution in [0.15, 0.2) is 59.5 Å². The average Bonchev–Trinajstić information content (AvgIpc) is 2.76. The van der Waals surface area contributed by atoms with Gasteiger partial charge in [0.15, 0.2) is 0 Å². The van der Waals surface area contributed by atoms with Crippen LogP contribution in [0.2, 0.25) is 0 Å². The monoisotopic (exact) mass is 448 g/mol. The minimum atomic E-state index is -3.59. The van der Waals surface area contributed by atoms with Crippen LogP contribution in [0.1, 0.15) is 29.8 Å². The van der Waals surface area contributed by atoms with E-state index in [-0.39, 0.29) is 23.6 Å². The number of benzene rings is 2. The van der Waals surface area contributed by atoms with Crippen LogP contribution in [0, 0.1) is 5.82 Å². The Labute approximate surface area is 181 Å². The summed E-state index contributed by atoms with van der Waals surface area (Å²) in [5.41, 5.74) is 0.813. The van der Waals surface area contributed by atoms with Crippen LogP contribution in [0.3, 0.4) is 0 Å². The van der Waals surface area contributed by atoms with Gasteiger partial charge >= 0.3 is 5.97 Å². The van der Waals surface area contributed by atoms with Crippen LogP contribution < -0.4 is 5.32 Å². The van der Waals surface area contributed by atoms with Crippen molar-refractivity contribution in [2.75, 3.05) is 26.2 Å². The van der Waals surface area contributed by atoms with Crippen LogP contribution in [0.25, 0.3) is 6.08 Å². The molecule has 0 unspecified atom stereocenters. The van der Waals surface area contributed by atoms with Gasteiger partial charge < -0.3 is 10.1 Å². The lowest BCUT2D eigenvalue weighted by Crippen LogP contribution is -2.31. The summed E-state index contributed by atoms with van der Waals surface area (Å²) in [5, 5.41) is 2.59. The zero-order valence-corrected chi connectivity index (χ0v) is 18.2. The summed E-state index contributed by atoms with van der Waals surface area (Å²) in [6.07, 6.45) is 2.60. The topological polar surface area (TPSA) is 92.8 Å². The quantitative estimate of drug-likeness (QED) is 0.343. The molecule has 1 amide bonds. The fraction of sp³-hybridized carbons (Fsp3) is 0.273. The van der Waals surface area contributed by atoms with Crippen molar-refractivity contribution in [2.45, 2.75) is 18.7 Å². The number of hydrogen-bond acceptors (Lipinski definition) is 5. The third-order valence-electron chi connectivity index (χ3n) is 4.35. The third kappa shape index (κ3) is 7.01. The molecule has 0 spiro atoms. The molecule has 1 N–H and O–H groups in total. The van der Waals surface area contributed by atoms with Crippen LogP contribution in [-0.2, 0) is 19.6 Å². The van der Waals surface area contributed by atoms with Gasteiger partial charge in [0.1, 0.15) is 12.4 Å². The summed E-state index contributed by atoms with van der Waals surface area (Å²) in [5.74, 6) is -1.44.